The quantitative estimate of drug-likeness (QED) is 0.460. The number of aromatic nitrogens is 1. The summed E-state index contributed by atoms with van der Waals surface area (Å²) in [5, 5.41) is 0.519. The van der Waals surface area contributed by atoms with Gasteiger partial charge in [0.15, 0.2) is 5.78 Å². The molecule has 3 aromatic rings. The number of ketones is 1. The van der Waals surface area contributed by atoms with Crippen LogP contribution >= 0.6 is 11.6 Å². The standard InChI is InChI=1S/C21H14ClNO4/c22-13-5-3-6-14(11-13)26-20-17(9-4-10-23-20)18(24)12-19-15-7-1-2-8-16(15)21(25)27-19/h1-11,19H,12H2. The number of carbonyl (C=O) groups is 2. The van der Waals surface area contributed by atoms with E-state index >= 15 is 0 Å². The molecule has 0 saturated carbocycles. The number of rotatable bonds is 5. The minimum absolute atomic E-state index is 0.0142. The Morgan fingerprint density at radius 1 is 1.11 bits per heavy atom. The van der Waals surface area contributed by atoms with Crippen LogP contribution in [0.1, 0.15) is 38.8 Å². The molecule has 6 heteroatoms. The van der Waals surface area contributed by atoms with Crippen molar-refractivity contribution in [1.82, 2.24) is 4.98 Å². The Morgan fingerprint density at radius 2 is 1.96 bits per heavy atom. The Morgan fingerprint density at radius 3 is 2.81 bits per heavy atom. The molecule has 0 spiro atoms. The molecule has 5 nitrogen and oxygen atoms in total. The van der Waals surface area contributed by atoms with Crippen molar-refractivity contribution in [3.05, 3.63) is 88.6 Å². The van der Waals surface area contributed by atoms with Crippen molar-refractivity contribution in [2.24, 2.45) is 0 Å². The molecule has 1 atom stereocenters. The van der Waals surface area contributed by atoms with E-state index in [1.54, 1.807) is 60.8 Å². The second-order valence-electron chi connectivity index (χ2n) is 6.02. The molecule has 2 heterocycles. The number of esters is 1. The van der Waals surface area contributed by atoms with Crippen LogP contribution in [0.3, 0.4) is 0 Å². The average Bonchev–Trinajstić information content (AvgIpc) is 2.98. The number of hydrogen-bond donors (Lipinski definition) is 0. The van der Waals surface area contributed by atoms with E-state index in [-0.39, 0.29) is 18.1 Å². The number of ether oxygens (including phenoxy) is 2. The lowest BCUT2D eigenvalue weighted by atomic mass is 9.99. The Kier molecular flexibility index (Phi) is 4.60. The van der Waals surface area contributed by atoms with E-state index in [1.165, 1.54) is 0 Å². The molecule has 1 aromatic heterocycles. The smallest absolute Gasteiger partial charge is 0.339 e. The third-order valence-electron chi connectivity index (χ3n) is 4.23. The summed E-state index contributed by atoms with van der Waals surface area (Å²) < 4.78 is 11.1. The van der Waals surface area contributed by atoms with Crippen LogP contribution in [0, 0.1) is 0 Å². The molecule has 2 aromatic carbocycles. The fourth-order valence-corrected chi connectivity index (χ4v) is 3.16. The number of carbonyl (C=O) groups excluding carboxylic acids is 2. The van der Waals surface area contributed by atoms with E-state index in [1.807, 2.05) is 6.07 Å². The third-order valence-corrected chi connectivity index (χ3v) is 4.46. The first-order valence-electron chi connectivity index (χ1n) is 8.33. The van der Waals surface area contributed by atoms with Crippen molar-refractivity contribution >= 4 is 23.4 Å². The molecule has 0 aliphatic carbocycles. The average molecular weight is 380 g/mol. The monoisotopic (exact) mass is 379 g/mol. The molecule has 134 valence electrons. The zero-order valence-electron chi connectivity index (χ0n) is 14.1. The second-order valence-corrected chi connectivity index (χ2v) is 6.46. The number of cyclic esters (lactones) is 1. The van der Waals surface area contributed by atoms with Gasteiger partial charge in [0.1, 0.15) is 11.9 Å². The maximum absolute atomic E-state index is 12.9. The molecule has 4 rings (SSSR count). The summed E-state index contributed by atoms with van der Waals surface area (Å²) in [7, 11) is 0. The highest BCUT2D eigenvalue weighted by Gasteiger charge is 2.33. The van der Waals surface area contributed by atoms with Crippen LogP contribution in [-0.2, 0) is 4.74 Å². The normalized spacial score (nSPS) is 15.1. The first kappa shape index (κ1) is 17.2. The number of Topliss-reactive ketones (excluding diaryl/α,β-unsaturated/α-hetero) is 1. The first-order chi connectivity index (χ1) is 13.1. The van der Waals surface area contributed by atoms with Crippen molar-refractivity contribution in [1.29, 1.82) is 0 Å². The SMILES string of the molecule is O=C1OC(CC(=O)c2cccnc2Oc2cccc(Cl)c2)c2ccccc21. The fourth-order valence-electron chi connectivity index (χ4n) is 2.98. The Balaban J connectivity index is 1.57. The summed E-state index contributed by atoms with van der Waals surface area (Å²) in [5.74, 6) is 0.0230. The minimum atomic E-state index is -0.611. The largest absolute Gasteiger partial charge is 0.453 e. The van der Waals surface area contributed by atoms with Crippen LogP contribution in [0.25, 0.3) is 0 Å². The van der Waals surface area contributed by atoms with Gasteiger partial charge in [0.2, 0.25) is 5.88 Å². The molecular weight excluding hydrogens is 366 g/mol. The topological polar surface area (TPSA) is 65.5 Å². The molecular formula is C21H14ClNO4. The molecule has 0 N–H and O–H groups in total. The van der Waals surface area contributed by atoms with Crippen molar-refractivity contribution < 1.29 is 19.1 Å². The molecule has 27 heavy (non-hydrogen) atoms. The van der Waals surface area contributed by atoms with Crippen LogP contribution in [0.15, 0.2) is 66.9 Å². The fraction of sp³-hybridized carbons (Fsp3) is 0.0952. The lowest BCUT2D eigenvalue weighted by Gasteiger charge is -2.12. The highest BCUT2D eigenvalue weighted by Crippen LogP contribution is 2.35. The number of halogens is 1. The van der Waals surface area contributed by atoms with E-state index in [0.29, 0.717) is 21.9 Å². The van der Waals surface area contributed by atoms with Gasteiger partial charge in [-0.3, -0.25) is 4.79 Å². The first-order valence-corrected chi connectivity index (χ1v) is 8.71. The van der Waals surface area contributed by atoms with Crippen LogP contribution in [-0.4, -0.2) is 16.7 Å². The molecule has 1 unspecified atom stereocenters. The van der Waals surface area contributed by atoms with Gasteiger partial charge in [-0.25, -0.2) is 9.78 Å². The summed E-state index contributed by atoms with van der Waals surface area (Å²) >= 11 is 5.97. The minimum Gasteiger partial charge on any atom is -0.453 e. The van der Waals surface area contributed by atoms with E-state index < -0.39 is 12.1 Å². The maximum Gasteiger partial charge on any atom is 0.339 e. The van der Waals surface area contributed by atoms with E-state index in [4.69, 9.17) is 21.1 Å². The van der Waals surface area contributed by atoms with Crippen molar-refractivity contribution in [3.63, 3.8) is 0 Å². The summed E-state index contributed by atoms with van der Waals surface area (Å²) in [4.78, 5) is 29.0. The lowest BCUT2D eigenvalue weighted by molar-refractivity contribution is 0.0367. The molecule has 1 aliphatic heterocycles. The maximum atomic E-state index is 12.9. The molecule has 1 aliphatic rings. The summed E-state index contributed by atoms with van der Waals surface area (Å²) in [6.07, 6.45) is 0.947. The Labute approximate surface area is 160 Å². The van der Waals surface area contributed by atoms with E-state index in [0.717, 1.165) is 5.56 Å². The van der Waals surface area contributed by atoms with Crippen LogP contribution in [0.4, 0.5) is 0 Å². The van der Waals surface area contributed by atoms with Gasteiger partial charge in [0, 0.05) is 16.8 Å². The van der Waals surface area contributed by atoms with Gasteiger partial charge in [-0.15, -0.1) is 0 Å². The highest BCUT2D eigenvalue weighted by atomic mass is 35.5. The van der Waals surface area contributed by atoms with Crippen LogP contribution in [0.2, 0.25) is 5.02 Å². The van der Waals surface area contributed by atoms with Gasteiger partial charge in [0.05, 0.1) is 17.5 Å². The number of fused-ring (bicyclic) bond motifs is 1. The van der Waals surface area contributed by atoms with Crippen LogP contribution < -0.4 is 4.74 Å². The number of benzene rings is 2. The zero-order chi connectivity index (χ0) is 18.8. The molecule has 0 radical (unpaired) electrons. The van der Waals surface area contributed by atoms with Gasteiger partial charge in [-0.05, 0) is 36.4 Å². The summed E-state index contributed by atoms with van der Waals surface area (Å²) in [5.41, 5.74) is 1.53. The van der Waals surface area contributed by atoms with Gasteiger partial charge >= 0.3 is 5.97 Å². The van der Waals surface area contributed by atoms with Crippen molar-refractivity contribution in [2.75, 3.05) is 0 Å². The zero-order valence-corrected chi connectivity index (χ0v) is 14.8. The van der Waals surface area contributed by atoms with Crippen LogP contribution in [0.5, 0.6) is 11.6 Å². The third kappa shape index (κ3) is 3.55. The Bertz CT molecular complexity index is 1030. The molecule has 0 bridgehead atoms. The predicted octanol–water partition coefficient (Wildman–Crippen LogP) is 5.01. The van der Waals surface area contributed by atoms with E-state index in [2.05, 4.69) is 4.98 Å². The predicted molar refractivity (Wildman–Crippen MR) is 99.3 cm³/mol. The van der Waals surface area contributed by atoms with E-state index in [9.17, 15) is 9.59 Å². The Hall–Kier alpha value is -3.18. The summed E-state index contributed by atoms with van der Waals surface area (Å²) in [6, 6.07) is 17.2. The second kappa shape index (κ2) is 7.21. The molecule has 0 amide bonds. The van der Waals surface area contributed by atoms with Gasteiger partial charge in [-0.2, -0.15) is 0 Å². The lowest BCUT2D eigenvalue weighted by Crippen LogP contribution is -2.09. The highest BCUT2D eigenvalue weighted by molar-refractivity contribution is 6.30. The molecule has 0 saturated heterocycles. The summed E-state index contributed by atoms with van der Waals surface area (Å²) in [6.45, 7) is 0. The van der Waals surface area contributed by atoms with Crippen molar-refractivity contribution in [2.45, 2.75) is 12.5 Å². The van der Waals surface area contributed by atoms with Gasteiger partial charge < -0.3 is 9.47 Å². The number of hydrogen-bond acceptors (Lipinski definition) is 5. The van der Waals surface area contributed by atoms with Gasteiger partial charge in [-0.1, -0.05) is 35.9 Å². The van der Waals surface area contributed by atoms with Gasteiger partial charge in [0.25, 0.3) is 0 Å². The number of nitrogens with zero attached hydrogens (tertiary/aromatic N) is 1. The molecule has 0 fully saturated rings. The van der Waals surface area contributed by atoms with Crippen molar-refractivity contribution in [3.8, 4) is 11.6 Å². The number of pyridine rings is 1.